The number of aromatic hydroxyl groups is 2. The zero-order valence-corrected chi connectivity index (χ0v) is 15.3. The van der Waals surface area contributed by atoms with Crippen molar-refractivity contribution >= 4 is 32.4 Å². The first kappa shape index (κ1) is 17.9. The van der Waals surface area contributed by atoms with E-state index in [9.17, 15) is 10.2 Å². The molecule has 0 amide bonds. The number of fused-ring (bicyclic) bond motifs is 5. The molecule has 26 heavy (non-hydrogen) atoms. The predicted molar refractivity (Wildman–Crippen MR) is 96.6 cm³/mol. The van der Waals surface area contributed by atoms with Crippen LogP contribution in [0, 0.1) is 0 Å². The molecular formula is C20H18ClNO4. The summed E-state index contributed by atoms with van der Waals surface area (Å²) in [6.07, 6.45) is 1.99. The molecule has 3 aromatic carbocycles. The fourth-order valence-corrected chi connectivity index (χ4v) is 3.50. The minimum Gasteiger partial charge on any atom is -1.00 e. The van der Waals surface area contributed by atoms with E-state index in [-0.39, 0.29) is 23.9 Å². The zero-order chi connectivity index (χ0) is 17.7. The van der Waals surface area contributed by atoms with Gasteiger partial charge in [-0.3, -0.25) is 0 Å². The molecule has 1 aromatic heterocycles. The summed E-state index contributed by atoms with van der Waals surface area (Å²) < 4.78 is 13.0. The third-order valence-electron chi connectivity index (χ3n) is 4.64. The molecule has 0 saturated carbocycles. The number of halogens is 1. The summed E-state index contributed by atoms with van der Waals surface area (Å²) in [4.78, 5) is 0. The van der Waals surface area contributed by atoms with E-state index in [0.29, 0.717) is 11.5 Å². The van der Waals surface area contributed by atoms with Crippen molar-refractivity contribution < 1.29 is 36.7 Å². The maximum Gasteiger partial charge on any atom is 0.220 e. The van der Waals surface area contributed by atoms with Crippen molar-refractivity contribution in [2.24, 2.45) is 7.05 Å². The van der Waals surface area contributed by atoms with Crippen molar-refractivity contribution in [1.29, 1.82) is 0 Å². The van der Waals surface area contributed by atoms with Crippen LogP contribution in [0.1, 0.15) is 0 Å². The van der Waals surface area contributed by atoms with Gasteiger partial charge in [0.05, 0.1) is 30.4 Å². The highest BCUT2D eigenvalue weighted by Crippen LogP contribution is 2.39. The molecule has 0 fully saturated rings. The molecule has 0 saturated heterocycles. The summed E-state index contributed by atoms with van der Waals surface area (Å²) in [7, 11) is 5.19. The van der Waals surface area contributed by atoms with Gasteiger partial charge in [-0.1, -0.05) is 6.07 Å². The van der Waals surface area contributed by atoms with Crippen LogP contribution in [-0.2, 0) is 7.05 Å². The third kappa shape index (κ3) is 2.44. The van der Waals surface area contributed by atoms with Gasteiger partial charge >= 0.3 is 0 Å². The van der Waals surface area contributed by atoms with E-state index in [1.807, 2.05) is 42.1 Å². The minimum atomic E-state index is -0.132. The van der Waals surface area contributed by atoms with Gasteiger partial charge in [0.25, 0.3) is 0 Å². The highest BCUT2D eigenvalue weighted by molar-refractivity contribution is 6.15. The number of rotatable bonds is 2. The summed E-state index contributed by atoms with van der Waals surface area (Å²) in [6.45, 7) is 0. The zero-order valence-electron chi connectivity index (χ0n) is 14.6. The molecule has 0 spiro atoms. The van der Waals surface area contributed by atoms with E-state index in [1.165, 1.54) is 0 Å². The summed E-state index contributed by atoms with van der Waals surface area (Å²) in [5.74, 6) is 1.11. The lowest BCUT2D eigenvalue weighted by molar-refractivity contribution is -0.642. The van der Waals surface area contributed by atoms with E-state index in [4.69, 9.17) is 9.47 Å². The fraction of sp³-hybridized carbons (Fsp3) is 0.150. The molecule has 5 nitrogen and oxygen atoms in total. The number of benzene rings is 3. The largest absolute Gasteiger partial charge is 1.00 e. The number of aromatic nitrogens is 1. The first-order valence-corrected chi connectivity index (χ1v) is 7.87. The second-order valence-electron chi connectivity index (χ2n) is 6.03. The fourth-order valence-electron chi connectivity index (χ4n) is 3.50. The summed E-state index contributed by atoms with van der Waals surface area (Å²) >= 11 is 0. The van der Waals surface area contributed by atoms with E-state index in [1.54, 1.807) is 26.4 Å². The van der Waals surface area contributed by atoms with Gasteiger partial charge in [0, 0.05) is 5.39 Å². The van der Waals surface area contributed by atoms with E-state index in [2.05, 4.69) is 0 Å². The van der Waals surface area contributed by atoms with Gasteiger partial charge in [-0.2, -0.15) is 4.57 Å². The second kappa shape index (κ2) is 6.42. The number of hydrogen-bond acceptors (Lipinski definition) is 4. The number of pyridine rings is 1. The maximum atomic E-state index is 9.94. The topological polar surface area (TPSA) is 62.8 Å². The maximum absolute atomic E-state index is 9.94. The Balaban J connectivity index is 0.00000196. The predicted octanol–water partition coefficient (Wildman–Crippen LogP) is 0.403. The highest BCUT2D eigenvalue weighted by Gasteiger charge is 2.19. The lowest BCUT2D eigenvalue weighted by Gasteiger charge is -2.12. The van der Waals surface area contributed by atoms with Crippen LogP contribution in [-0.4, -0.2) is 24.4 Å². The molecule has 1 heterocycles. The van der Waals surface area contributed by atoms with Crippen LogP contribution < -0.4 is 26.4 Å². The molecule has 2 N–H and O–H groups in total. The Kier molecular flexibility index (Phi) is 4.42. The van der Waals surface area contributed by atoms with Crippen LogP contribution in [0.4, 0.5) is 0 Å². The van der Waals surface area contributed by atoms with Gasteiger partial charge in [0.15, 0.2) is 29.2 Å². The van der Waals surface area contributed by atoms with Gasteiger partial charge in [-0.05, 0) is 35.7 Å². The van der Waals surface area contributed by atoms with Crippen LogP contribution in [0.3, 0.4) is 0 Å². The van der Waals surface area contributed by atoms with Crippen molar-refractivity contribution in [1.82, 2.24) is 0 Å². The number of aryl methyl sites for hydroxylation is 1. The molecular weight excluding hydrogens is 354 g/mol. The number of nitrogens with zero attached hydrogens (tertiary/aromatic N) is 1. The van der Waals surface area contributed by atoms with Crippen molar-refractivity contribution in [3.8, 4) is 23.0 Å². The minimum absolute atomic E-state index is 0. The van der Waals surface area contributed by atoms with E-state index in [0.717, 1.165) is 32.4 Å². The standard InChI is InChI=1S/C20H17NO4.ClH/c1-21-10-15-12(6-7-18(24-2)20(15)25-3)13-5-4-11-8-16(22)17(23)9-14(11)19(13)21;/h4-10,23H,1-3H3;1H. The number of ether oxygens (including phenoxy) is 2. The van der Waals surface area contributed by atoms with Gasteiger partial charge < -0.3 is 32.1 Å². The van der Waals surface area contributed by atoms with Crippen LogP contribution in [0.2, 0.25) is 0 Å². The van der Waals surface area contributed by atoms with Crippen molar-refractivity contribution in [2.45, 2.75) is 0 Å². The first-order valence-electron chi connectivity index (χ1n) is 7.87. The van der Waals surface area contributed by atoms with Crippen LogP contribution in [0.5, 0.6) is 23.0 Å². The normalized spacial score (nSPS) is 10.9. The highest BCUT2D eigenvalue weighted by atomic mass is 35.5. The molecule has 0 aliphatic carbocycles. The lowest BCUT2D eigenvalue weighted by atomic mass is 10.00. The van der Waals surface area contributed by atoms with Gasteiger partial charge in [0.1, 0.15) is 7.05 Å². The molecule has 4 aromatic rings. The van der Waals surface area contributed by atoms with Gasteiger partial charge in [-0.15, -0.1) is 0 Å². The second-order valence-corrected chi connectivity index (χ2v) is 6.03. The van der Waals surface area contributed by atoms with Crippen LogP contribution in [0.15, 0.2) is 42.6 Å². The smallest absolute Gasteiger partial charge is 0.220 e. The summed E-state index contributed by atoms with van der Waals surface area (Å²) in [5.41, 5.74) is 0.965. The Bertz CT molecular complexity index is 1160. The van der Waals surface area contributed by atoms with E-state index >= 15 is 0 Å². The van der Waals surface area contributed by atoms with Crippen molar-refractivity contribution in [2.75, 3.05) is 14.2 Å². The average Bonchev–Trinajstić information content (AvgIpc) is 2.61. The van der Waals surface area contributed by atoms with Crippen LogP contribution >= 0.6 is 0 Å². The number of phenols is 2. The Morgan fingerprint density at radius 3 is 2.19 bits per heavy atom. The molecule has 0 radical (unpaired) electrons. The summed E-state index contributed by atoms with van der Waals surface area (Å²) in [6, 6.07) is 11.0. The quantitative estimate of drug-likeness (QED) is 0.304. The number of hydrogen-bond donors (Lipinski definition) is 2. The molecule has 4 rings (SSSR count). The monoisotopic (exact) mass is 371 g/mol. The molecule has 0 bridgehead atoms. The Hall–Kier alpha value is -2.92. The van der Waals surface area contributed by atoms with E-state index < -0.39 is 0 Å². The molecule has 0 aliphatic rings. The number of phenolic OH excluding ortho intramolecular Hbond substituents is 2. The molecule has 134 valence electrons. The van der Waals surface area contributed by atoms with Crippen molar-refractivity contribution in [3.05, 3.63) is 42.6 Å². The third-order valence-corrected chi connectivity index (χ3v) is 4.64. The van der Waals surface area contributed by atoms with Gasteiger partial charge in [0.2, 0.25) is 5.52 Å². The van der Waals surface area contributed by atoms with Crippen molar-refractivity contribution in [3.63, 3.8) is 0 Å². The Morgan fingerprint density at radius 1 is 0.808 bits per heavy atom. The summed E-state index contributed by atoms with van der Waals surface area (Å²) in [5, 5.41) is 24.4. The Labute approximate surface area is 156 Å². The molecule has 6 heteroatoms. The Morgan fingerprint density at radius 2 is 1.50 bits per heavy atom. The molecule has 0 unspecified atom stereocenters. The average molecular weight is 372 g/mol. The first-order chi connectivity index (χ1) is 12.0. The molecule has 0 atom stereocenters. The lowest BCUT2D eigenvalue weighted by Crippen LogP contribution is -3.00. The molecule has 0 aliphatic heterocycles. The van der Waals surface area contributed by atoms with Crippen LogP contribution in [0.25, 0.3) is 32.4 Å². The SMILES string of the molecule is COc1ccc2c(c[n+](C)c3c4cc(O)c(O)cc4ccc23)c1OC.[Cl-]. The number of methoxy groups -OCH3 is 2. The van der Waals surface area contributed by atoms with Gasteiger partial charge in [-0.25, -0.2) is 0 Å².